The molecule has 13 nitrogen and oxygen atoms in total. The lowest BCUT2D eigenvalue weighted by Gasteiger charge is -2.09. The molecular formula is C28H40N2O11. The van der Waals surface area contributed by atoms with E-state index < -0.39 is 11.9 Å². The van der Waals surface area contributed by atoms with E-state index in [0.717, 1.165) is 0 Å². The monoisotopic (exact) mass is 580 g/mol. The maximum atomic E-state index is 11.7. The lowest BCUT2D eigenvalue weighted by molar-refractivity contribution is -0.0236. The van der Waals surface area contributed by atoms with Gasteiger partial charge in [-0.25, -0.2) is 9.59 Å². The van der Waals surface area contributed by atoms with E-state index in [4.69, 9.17) is 42.6 Å². The summed E-state index contributed by atoms with van der Waals surface area (Å²) in [6.07, 6.45) is 6.10. The zero-order valence-electron chi connectivity index (χ0n) is 23.3. The van der Waals surface area contributed by atoms with Gasteiger partial charge < -0.3 is 42.6 Å². The van der Waals surface area contributed by atoms with Crippen molar-refractivity contribution in [1.29, 1.82) is 0 Å². The molecule has 2 aromatic heterocycles. The van der Waals surface area contributed by atoms with Crippen LogP contribution in [0.1, 0.15) is 20.7 Å². The number of ether oxygens (including phenoxy) is 9. The van der Waals surface area contributed by atoms with Crippen LogP contribution in [0, 0.1) is 0 Å². The van der Waals surface area contributed by atoms with E-state index in [1.54, 1.807) is 36.7 Å². The Hall–Kier alpha value is -3.04. The molecule has 0 aliphatic carbocycles. The average molecular weight is 581 g/mol. The Balaban J connectivity index is 1.20. The summed E-state index contributed by atoms with van der Waals surface area (Å²) >= 11 is 0. The molecular weight excluding hydrogens is 540 g/mol. The molecule has 0 saturated heterocycles. The van der Waals surface area contributed by atoms with E-state index in [1.165, 1.54) is 12.4 Å². The molecule has 228 valence electrons. The molecule has 0 N–H and O–H groups in total. The minimum atomic E-state index is -0.423. The van der Waals surface area contributed by atoms with Gasteiger partial charge in [0.05, 0.1) is 104 Å². The normalized spacial score (nSPS) is 10.9. The van der Waals surface area contributed by atoms with Crippen molar-refractivity contribution in [2.75, 3.05) is 106 Å². The SMILES string of the molecule is O=C(OCCOCCOCCOCCOCCOCCOCCOCCOC(=O)c1cccnc1)c1cccnc1. The van der Waals surface area contributed by atoms with Crippen molar-refractivity contribution in [3.63, 3.8) is 0 Å². The summed E-state index contributed by atoms with van der Waals surface area (Å²) in [7, 11) is 0. The van der Waals surface area contributed by atoms with Crippen LogP contribution in [0.4, 0.5) is 0 Å². The number of hydrogen-bond acceptors (Lipinski definition) is 13. The van der Waals surface area contributed by atoms with Crippen LogP contribution in [0.15, 0.2) is 49.1 Å². The highest BCUT2D eigenvalue weighted by molar-refractivity contribution is 5.89. The number of rotatable bonds is 26. The van der Waals surface area contributed by atoms with Gasteiger partial charge in [0.15, 0.2) is 0 Å². The fourth-order valence-electron chi connectivity index (χ4n) is 2.94. The lowest BCUT2D eigenvalue weighted by atomic mass is 10.3. The average Bonchev–Trinajstić information content (AvgIpc) is 3.01. The first-order valence-electron chi connectivity index (χ1n) is 13.5. The van der Waals surface area contributed by atoms with E-state index in [2.05, 4.69) is 9.97 Å². The number of pyridine rings is 2. The van der Waals surface area contributed by atoms with Gasteiger partial charge in [-0.3, -0.25) is 9.97 Å². The largest absolute Gasteiger partial charge is 0.460 e. The number of esters is 2. The van der Waals surface area contributed by atoms with E-state index in [1.807, 2.05) is 0 Å². The fourth-order valence-corrected chi connectivity index (χ4v) is 2.94. The van der Waals surface area contributed by atoms with Crippen LogP contribution in [0.3, 0.4) is 0 Å². The highest BCUT2D eigenvalue weighted by Gasteiger charge is 2.06. The van der Waals surface area contributed by atoms with Crippen molar-refractivity contribution in [2.24, 2.45) is 0 Å². The van der Waals surface area contributed by atoms with Crippen molar-refractivity contribution >= 4 is 11.9 Å². The molecule has 0 aliphatic heterocycles. The van der Waals surface area contributed by atoms with Gasteiger partial charge in [0.1, 0.15) is 13.2 Å². The predicted octanol–water partition coefficient (Wildman–Crippen LogP) is 1.61. The lowest BCUT2D eigenvalue weighted by Crippen LogP contribution is -2.15. The molecule has 0 bridgehead atoms. The molecule has 0 aromatic carbocycles. The van der Waals surface area contributed by atoms with Gasteiger partial charge in [-0.15, -0.1) is 0 Å². The van der Waals surface area contributed by atoms with Gasteiger partial charge in [0.25, 0.3) is 0 Å². The number of carbonyl (C=O) groups is 2. The smallest absolute Gasteiger partial charge is 0.339 e. The minimum absolute atomic E-state index is 0.169. The zero-order chi connectivity index (χ0) is 29.1. The van der Waals surface area contributed by atoms with Gasteiger partial charge in [0, 0.05) is 24.8 Å². The molecule has 2 heterocycles. The van der Waals surface area contributed by atoms with Crippen molar-refractivity contribution in [2.45, 2.75) is 0 Å². The summed E-state index contributed by atoms with van der Waals surface area (Å²) in [5.74, 6) is -0.847. The van der Waals surface area contributed by atoms with E-state index >= 15 is 0 Å². The Morgan fingerprint density at radius 1 is 0.439 bits per heavy atom. The molecule has 0 saturated carbocycles. The Labute approximate surface area is 240 Å². The topological polar surface area (TPSA) is 143 Å². The summed E-state index contributed by atoms with van der Waals surface area (Å²) in [4.78, 5) is 31.2. The molecule has 0 atom stereocenters. The fraction of sp³-hybridized carbons (Fsp3) is 0.571. The van der Waals surface area contributed by atoms with Crippen LogP contribution >= 0.6 is 0 Å². The third kappa shape index (κ3) is 18.8. The van der Waals surface area contributed by atoms with Gasteiger partial charge in [0.2, 0.25) is 0 Å². The second kappa shape index (κ2) is 24.7. The molecule has 41 heavy (non-hydrogen) atoms. The summed E-state index contributed by atoms with van der Waals surface area (Å²) in [6, 6.07) is 6.64. The maximum absolute atomic E-state index is 11.7. The Kier molecular flexibility index (Phi) is 20.6. The first-order chi connectivity index (χ1) is 20.3. The molecule has 0 amide bonds. The molecule has 0 spiro atoms. The molecule has 0 fully saturated rings. The van der Waals surface area contributed by atoms with Crippen LogP contribution in [0.5, 0.6) is 0 Å². The summed E-state index contributed by atoms with van der Waals surface area (Å²) < 4.78 is 48.0. The molecule has 0 unspecified atom stereocenters. The van der Waals surface area contributed by atoms with Crippen LogP contribution in [0.25, 0.3) is 0 Å². The molecule has 0 aliphatic rings. The van der Waals surface area contributed by atoms with Gasteiger partial charge in [-0.2, -0.15) is 0 Å². The van der Waals surface area contributed by atoms with Crippen LogP contribution < -0.4 is 0 Å². The maximum Gasteiger partial charge on any atom is 0.339 e. The third-order valence-electron chi connectivity index (χ3n) is 4.95. The third-order valence-corrected chi connectivity index (χ3v) is 4.95. The number of nitrogens with zero attached hydrogens (tertiary/aromatic N) is 2. The van der Waals surface area contributed by atoms with Gasteiger partial charge in [-0.05, 0) is 24.3 Å². The predicted molar refractivity (Wildman–Crippen MR) is 145 cm³/mol. The second-order valence-electron chi connectivity index (χ2n) is 8.04. The van der Waals surface area contributed by atoms with Crippen LogP contribution in [-0.4, -0.2) is 128 Å². The standard InChI is InChI=1S/C28H40N2O11/c31-27(25-3-1-5-29-23-25)40-21-19-38-17-15-36-13-11-34-9-7-33-8-10-35-12-14-37-16-18-39-20-22-41-28(32)26-4-2-6-30-24-26/h1-6,23-24H,7-22H2. The van der Waals surface area contributed by atoms with Crippen LogP contribution in [0.2, 0.25) is 0 Å². The Morgan fingerprint density at radius 3 is 0.951 bits per heavy atom. The summed E-state index contributed by atoms with van der Waals surface area (Å²) in [5, 5.41) is 0. The molecule has 13 heteroatoms. The Morgan fingerprint density at radius 2 is 0.707 bits per heavy atom. The van der Waals surface area contributed by atoms with Gasteiger partial charge in [-0.1, -0.05) is 0 Å². The highest BCUT2D eigenvalue weighted by Crippen LogP contribution is 1.99. The first-order valence-corrected chi connectivity index (χ1v) is 13.5. The first kappa shape index (κ1) is 34.2. The summed E-state index contributed by atoms with van der Waals surface area (Å²) in [5.41, 5.74) is 0.820. The van der Waals surface area contributed by atoms with Crippen molar-refractivity contribution < 1.29 is 52.2 Å². The quantitative estimate of drug-likeness (QED) is 0.118. The van der Waals surface area contributed by atoms with Crippen LogP contribution in [-0.2, 0) is 42.6 Å². The molecule has 0 radical (unpaired) electrons. The number of carbonyl (C=O) groups excluding carboxylic acids is 2. The zero-order valence-corrected chi connectivity index (χ0v) is 23.3. The highest BCUT2D eigenvalue weighted by atomic mass is 16.6. The molecule has 2 aromatic rings. The minimum Gasteiger partial charge on any atom is -0.460 e. The van der Waals surface area contributed by atoms with E-state index in [9.17, 15) is 9.59 Å². The van der Waals surface area contributed by atoms with Crippen molar-refractivity contribution in [3.05, 3.63) is 60.2 Å². The van der Waals surface area contributed by atoms with Gasteiger partial charge >= 0.3 is 11.9 Å². The number of aromatic nitrogens is 2. The summed E-state index contributed by atoms with van der Waals surface area (Å²) in [6.45, 7) is 6.27. The second-order valence-corrected chi connectivity index (χ2v) is 8.04. The van der Waals surface area contributed by atoms with E-state index in [0.29, 0.717) is 104 Å². The Bertz CT molecular complexity index is 833. The molecule has 2 rings (SSSR count). The van der Waals surface area contributed by atoms with Crippen molar-refractivity contribution in [3.8, 4) is 0 Å². The van der Waals surface area contributed by atoms with Crippen molar-refractivity contribution in [1.82, 2.24) is 9.97 Å². The number of hydrogen-bond donors (Lipinski definition) is 0. The van der Waals surface area contributed by atoms with E-state index in [-0.39, 0.29) is 13.2 Å².